The van der Waals surface area contributed by atoms with Crippen LogP contribution in [-0.4, -0.2) is 52.8 Å². The Morgan fingerprint density at radius 1 is 1.24 bits per heavy atom. The normalized spacial score (nSPS) is 10.7. The third kappa shape index (κ3) is 5.35. The number of ether oxygens (including phenoxy) is 2. The number of aromatic nitrogens is 3. The van der Waals surface area contributed by atoms with Crippen molar-refractivity contribution in [1.29, 1.82) is 0 Å². The van der Waals surface area contributed by atoms with Crippen LogP contribution in [0.25, 0.3) is 0 Å². The molecule has 0 aliphatic heterocycles. The Morgan fingerprint density at radius 2 is 1.92 bits per heavy atom. The minimum absolute atomic E-state index is 0.0585. The van der Waals surface area contributed by atoms with E-state index in [9.17, 15) is 4.79 Å². The van der Waals surface area contributed by atoms with E-state index in [-0.39, 0.29) is 5.88 Å². The van der Waals surface area contributed by atoms with E-state index in [0.29, 0.717) is 18.1 Å². The molecular weight excluding hydrogens is 324 g/mol. The fourth-order valence-corrected chi connectivity index (χ4v) is 2.17. The summed E-state index contributed by atoms with van der Waals surface area (Å²) >= 11 is 0. The third-order valence-electron chi connectivity index (χ3n) is 3.66. The van der Waals surface area contributed by atoms with Crippen LogP contribution in [0.1, 0.15) is 13.8 Å². The molecule has 0 unspecified atom stereocenters. The van der Waals surface area contributed by atoms with Crippen LogP contribution in [0.15, 0.2) is 24.3 Å². The van der Waals surface area contributed by atoms with Crippen LogP contribution in [0.5, 0.6) is 5.88 Å². The Bertz CT molecular complexity index is 682. The summed E-state index contributed by atoms with van der Waals surface area (Å²) in [6.07, 6.45) is -0.851. The number of rotatable bonds is 8. The quantitative estimate of drug-likeness (QED) is 0.551. The Balaban J connectivity index is 2.16. The summed E-state index contributed by atoms with van der Waals surface area (Å²) in [6, 6.07) is 7.11. The average molecular weight is 348 g/mol. The topological polar surface area (TPSA) is 108 Å². The van der Waals surface area contributed by atoms with Crippen LogP contribution in [0.4, 0.5) is 22.0 Å². The molecule has 9 heteroatoms. The SMILES string of the molecule is CCN(CC)CCn1nc(Nc2ccc(N)cc2)c(OC(=O)OC)n1. The van der Waals surface area contributed by atoms with Crippen LogP contribution >= 0.6 is 0 Å². The predicted molar refractivity (Wildman–Crippen MR) is 95.0 cm³/mol. The molecule has 0 bridgehead atoms. The van der Waals surface area contributed by atoms with Gasteiger partial charge in [0.1, 0.15) is 0 Å². The van der Waals surface area contributed by atoms with Gasteiger partial charge in [-0.25, -0.2) is 4.79 Å². The predicted octanol–water partition coefficient (Wildman–Crippen LogP) is 2.09. The maximum atomic E-state index is 11.4. The average Bonchev–Trinajstić information content (AvgIpc) is 2.99. The van der Waals surface area contributed by atoms with Gasteiger partial charge in [-0.3, -0.25) is 0 Å². The van der Waals surface area contributed by atoms with Crippen molar-refractivity contribution in [2.75, 3.05) is 37.8 Å². The van der Waals surface area contributed by atoms with Gasteiger partial charge in [-0.05, 0) is 37.4 Å². The van der Waals surface area contributed by atoms with E-state index in [1.165, 1.54) is 11.9 Å². The Labute approximate surface area is 146 Å². The second kappa shape index (κ2) is 8.88. The first kappa shape index (κ1) is 18.5. The number of benzene rings is 1. The molecule has 0 atom stereocenters. The number of hydrogen-bond donors (Lipinski definition) is 2. The molecule has 2 aromatic rings. The number of nitrogen functional groups attached to an aromatic ring is 1. The number of carbonyl (C=O) groups is 1. The highest BCUT2D eigenvalue weighted by Crippen LogP contribution is 2.24. The molecule has 3 N–H and O–H groups in total. The number of anilines is 3. The summed E-state index contributed by atoms with van der Waals surface area (Å²) in [6.45, 7) is 7.45. The first-order chi connectivity index (χ1) is 12.0. The first-order valence-corrected chi connectivity index (χ1v) is 8.11. The van der Waals surface area contributed by atoms with E-state index in [4.69, 9.17) is 10.5 Å². The molecule has 0 fully saturated rings. The molecule has 0 saturated carbocycles. The minimum atomic E-state index is -0.851. The highest BCUT2D eigenvalue weighted by molar-refractivity contribution is 5.68. The van der Waals surface area contributed by atoms with E-state index < -0.39 is 6.16 Å². The van der Waals surface area contributed by atoms with Crippen LogP contribution in [0, 0.1) is 0 Å². The molecule has 0 spiro atoms. The van der Waals surface area contributed by atoms with Crippen molar-refractivity contribution in [2.24, 2.45) is 0 Å². The second-order valence-corrected chi connectivity index (χ2v) is 5.28. The van der Waals surface area contributed by atoms with Crippen molar-refractivity contribution in [1.82, 2.24) is 19.9 Å². The molecule has 0 radical (unpaired) electrons. The Morgan fingerprint density at radius 3 is 2.52 bits per heavy atom. The highest BCUT2D eigenvalue weighted by Gasteiger charge is 2.17. The lowest BCUT2D eigenvalue weighted by Crippen LogP contribution is -2.27. The number of methoxy groups -OCH3 is 1. The molecule has 1 aromatic heterocycles. The number of nitrogens with one attached hydrogen (secondary N) is 1. The summed E-state index contributed by atoms with van der Waals surface area (Å²) in [5.74, 6) is 0.387. The van der Waals surface area contributed by atoms with Gasteiger partial charge in [0.15, 0.2) is 0 Å². The van der Waals surface area contributed by atoms with Gasteiger partial charge in [-0.2, -0.15) is 4.80 Å². The van der Waals surface area contributed by atoms with Gasteiger partial charge in [-0.1, -0.05) is 13.8 Å². The van der Waals surface area contributed by atoms with Crippen molar-refractivity contribution in [3.8, 4) is 5.88 Å². The molecule has 0 aliphatic rings. The van der Waals surface area contributed by atoms with E-state index in [0.717, 1.165) is 25.3 Å². The van der Waals surface area contributed by atoms with Crippen molar-refractivity contribution >= 4 is 23.3 Å². The third-order valence-corrected chi connectivity index (χ3v) is 3.66. The van der Waals surface area contributed by atoms with E-state index in [1.807, 2.05) is 0 Å². The van der Waals surface area contributed by atoms with Crippen LogP contribution < -0.4 is 15.8 Å². The van der Waals surface area contributed by atoms with Gasteiger partial charge in [0.25, 0.3) is 5.88 Å². The lowest BCUT2D eigenvalue weighted by atomic mass is 10.3. The van der Waals surface area contributed by atoms with Gasteiger partial charge in [0.05, 0.1) is 13.7 Å². The van der Waals surface area contributed by atoms with Crippen LogP contribution in [0.3, 0.4) is 0 Å². The van der Waals surface area contributed by atoms with E-state index >= 15 is 0 Å². The number of hydrogen-bond acceptors (Lipinski definition) is 8. The number of nitrogens with two attached hydrogens (primary N) is 1. The van der Waals surface area contributed by atoms with Crippen molar-refractivity contribution in [3.63, 3.8) is 0 Å². The smallest absolute Gasteiger partial charge is 0.437 e. The Hall–Kier alpha value is -2.81. The summed E-state index contributed by atoms with van der Waals surface area (Å²) in [5.41, 5.74) is 7.08. The van der Waals surface area contributed by atoms with Crippen LogP contribution in [-0.2, 0) is 11.3 Å². The molecule has 2 rings (SSSR count). The molecule has 1 heterocycles. The van der Waals surface area contributed by atoms with Gasteiger partial charge >= 0.3 is 6.16 Å². The fourth-order valence-electron chi connectivity index (χ4n) is 2.17. The minimum Gasteiger partial charge on any atom is -0.437 e. The molecule has 136 valence electrons. The summed E-state index contributed by atoms with van der Waals surface area (Å²) in [4.78, 5) is 15.2. The van der Waals surface area contributed by atoms with Crippen molar-refractivity contribution in [2.45, 2.75) is 20.4 Å². The van der Waals surface area contributed by atoms with Crippen molar-refractivity contribution in [3.05, 3.63) is 24.3 Å². The maximum Gasteiger partial charge on any atom is 0.515 e. The molecule has 0 amide bonds. The van der Waals surface area contributed by atoms with E-state index in [2.05, 4.69) is 39.0 Å². The molecule has 25 heavy (non-hydrogen) atoms. The first-order valence-electron chi connectivity index (χ1n) is 8.11. The largest absolute Gasteiger partial charge is 0.515 e. The van der Waals surface area contributed by atoms with E-state index in [1.54, 1.807) is 24.3 Å². The highest BCUT2D eigenvalue weighted by atomic mass is 16.7. The molecule has 1 aromatic carbocycles. The standard InChI is InChI=1S/C16H24N6O3/c1-4-21(5-2)10-11-22-19-14(15(20-22)25-16(23)24-3)18-13-8-6-12(17)7-9-13/h6-9H,4-5,10-11,17H2,1-3H3,(H,18,19). The summed E-state index contributed by atoms with van der Waals surface area (Å²) in [5, 5.41) is 11.6. The van der Waals surface area contributed by atoms with Crippen molar-refractivity contribution < 1.29 is 14.3 Å². The number of nitrogens with zero attached hydrogens (tertiary/aromatic N) is 4. The lowest BCUT2D eigenvalue weighted by molar-refractivity contribution is 0.119. The molecule has 0 aliphatic carbocycles. The Kier molecular flexibility index (Phi) is 6.58. The fraction of sp³-hybridized carbons (Fsp3) is 0.438. The van der Waals surface area contributed by atoms with Gasteiger partial charge in [0.2, 0.25) is 5.82 Å². The maximum absolute atomic E-state index is 11.4. The van der Waals surface area contributed by atoms with Gasteiger partial charge in [-0.15, -0.1) is 10.2 Å². The summed E-state index contributed by atoms with van der Waals surface area (Å²) < 4.78 is 9.60. The molecular formula is C16H24N6O3. The zero-order valence-corrected chi connectivity index (χ0v) is 14.7. The zero-order chi connectivity index (χ0) is 18.2. The number of likely N-dealkylation sites (N-methyl/N-ethyl adjacent to an activating group) is 1. The monoisotopic (exact) mass is 348 g/mol. The zero-order valence-electron chi connectivity index (χ0n) is 14.7. The second-order valence-electron chi connectivity index (χ2n) is 5.28. The summed E-state index contributed by atoms with van der Waals surface area (Å²) in [7, 11) is 1.24. The van der Waals surface area contributed by atoms with Crippen LogP contribution in [0.2, 0.25) is 0 Å². The van der Waals surface area contributed by atoms with Gasteiger partial charge < -0.3 is 25.4 Å². The number of carbonyl (C=O) groups excluding carboxylic acids is 1. The van der Waals surface area contributed by atoms with Gasteiger partial charge in [0, 0.05) is 17.9 Å². The molecule has 0 saturated heterocycles. The lowest BCUT2D eigenvalue weighted by Gasteiger charge is -2.16. The molecule has 9 nitrogen and oxygen atoms in total.